The molecular formula is C16H28Cl2N2Sn. The standard InChI is InChI=1S/C12H19N2.C4H9.2ClH.Sn/c1-13(2)9-11-6-5-7-12(8-11)10-14(3)4;1-3-4-2;;;/h5-7H,9-10H2,1-4H3;1,3-4H2,2H3;2*1H;/q;;;;+2/p-2. The number of halogens is 2. The van der Waals surface area contributed by atoms with Crippen LogP contribution >= 0.6 is 0 Å². The first-order valence-corrected chi connectivity index (χ1v) is 6.58. The number of hydrogen-bond acceptors (Lipinski definition) is 2. The number of hydrogen-bond donors (Lipinski definition) is 0. The Balaban J connectivity index is -0.000000185. The molecule has 0 aliphatic rings. The van der Waals surface area contributed by atoms with Gasteiger partial charge in [0.15, 0.2) is 0 Å². The zero-order valence-corrected chi connectivity index (χ0v) is 18.3. The van der Waals surface area contributed by atoms with Gasteiger partial charge in [-0.2, -0.15) is 0 Å². The topological polar surface area (TPSA) is 6.48 Å². The van der Waals surface area contributed by atoms with E-state index in [1.54, 1.807) is 0 Å². The quantitative estimate of drug-likeness (QED) is 0.449. The summed E-state index contributed by atoms with van der Waals surface area (Å²) in [5.74, 6) is 0. The fraction of sp³-hybridized carbons (Fsp3) is 0.562. The maximum atomic E-state index is 3.60. The third kappa shape index (κ3) is 18.5. The van der Waals surface area contributed by atoms with Crippen LogP contribution in [0.4, 0.5) is 0 Å². The Bertz CT molecular complexity index is 294. The van der Waals surface area contributed by atoms with Gasteiger partial charge in [-0.15, -0.1) is 0 Å². The molecule has 0 atom stereocenters. The van der Waals surface area contributed by atoms with Gasteiger partial charge in [-0.1, -0.05) is 44.9 Å². The summed E-state index contributed by atoms with van der Waals surface area (Å²) in [7, 11) is 8.30. The summed E-state index contributed by atoms with van der Waals surface area (Å²) in [6.45, 7) is 7.64. The Kier molecular flexibility index (Phi) is 26.1. The van der Waals surface area contributed by atoms with Crippen molar-refractivity contribution in [2.75, 3.05) is 28.2 Å². The Morgan fingerprint density at radius 1 is 0.952 bits per heavy atom. The van der Waals surface area contributed by atoms with E-state index in [-0.39, 0.29) is 48.7 Å². The van der Waals surface area contributed by atoms with Gasteiger partial charge in [-0.3, -0.25) is 0 Å². The molecule has 1 aromatic carbocycles. The summed E-state index contributed by atoms with van der Waals surface area (Å²) in [4.78, 5) is 4.32. The molecular weight excluding hydrogens is 410 g/mol. The van der Waals surface area contributed by atoms with E-state index in [0.717, 1.165) is 19.5 Å². The van der Waals surface area contributed by atoms with Crippen LogP contribution in [0.3, 0.4) is 0 Å². The summed E-state index contributed by atoms with van der Waals surface area (Å²) >= 11 is 0. The maximum absolute atomic E-state index is 3.60. The number of benzene rings is 1. The molecule has 0 aliphatic heterocycles. The first-order valence-electron chi connectivity index (χ1n) is 6.58. The van der Waals surface area contributed by atoms with Crippen LogP contribution in [0.1, 0.15) is 30.9 Å². The van der Waals surface area contributed by atoms with E-state index in [1.807, 2.05) is 0 Å². The SMILES string of the molecule is CN(C)Cc1[c]c(CN(C)C)ccc1.[CH2]CCC.[Cl-].[Cl-].[Sn+2]. The third-order valence-corrected chi connectivity index (χ3v) is 2.24. The molecule has 0 N–H and O–H groups in total. The molecule has 0 spiro atoms. The molecule has 1 aromatic rings. The molecule has 0 aliphatic carbocycles. The largest absolute Gasteiger partial charge is 2.00 e. The van der Waals surface area contributed by atoms with Crippen molar-refractivity contribution in [1.82, 2.24) is 9.80 Å². The van der Waals surface area contributed by atoms with Gasteiger partial charge in [0, 0.05) is 13.1 Å². The zero-order valence-electron chi connectivity index (χ0n) is 13.9. The van der Waals surface area contributed by atoms with E-state index in [1.165, 1.54) is 17.5 Å². The molecule has 2 nitrogen and oxygen atoms in total. The average molecular weight is 438 g/mol. The molecule has 120 valence electrons. The van der Waals surface area contributed by atoms with E-state index >= 15 is 0 Å². The van der Waals surface area contributed by atoms with Gasteiger partial charge in [-0.25, -0.2) is 0 Å². The van der Waals surface area contributed by atoms with Crippen molar-refractivity contribution in [3.05, 3.63) is 42.3 Å². The fourth-order valence-electron chi connectivity index (χ4n) is 1.44. The van der Waals surface area contributed by atoms with Crippen LogP contribution in [0.5, 0.6) is 0 Å². The van der Waals surface area contributed by atoms with Gasteiger partial charge in [0.25, 0.3) is 0 Å². The summed E-state index contributed by atoms with van der Waals surface area (Å²) in [5.41, 5.74) is 2.52. The second-order valence-electron chi connectivity index (χ2n) is 5.03. The van der Waals surface area contributed by atoms with Crippen molar-refractivity contribution in [2.24, 2.45) is 0 Å². The fourth-order valence-corrected chi connectivity index (χ4v) is 1.44. The summed E-state index contributed by atoms with van der Waals surface area (Å²) in [6, 6.07) is 9.78. The molecule has 0 saturated carbocycles. The van der Waals surface area contributed by atoms with Crippen molar-refractivity contribution in [3.8, 4) is 0 Å². The van der Waals surface area contributed by atoms with Crippen molar-refractivity contribution in [1.29, 1.82) is 0 Å². The van der Waals surface area contributed by atoms with Crippen LogP contribution in [0.15, 0.2) is 18.2 Å². The van der Waals surface area contributed by atoms with Crippen LogP contribution in [-0.4, -0.2) is 61.9 Å². The van der Waals surface area contributed by atoms with E-state index in [4.69, 9.17) is 0 Å². The monoisotopic (exact) mass is 438 g/mol. The summed E-state index contributed by atoms with van der Waals surface area (Å²) in [5, 5.41) is 0. The molecule has 0 saturated heterocycles. The molecule has 0 unspecified atom stereocenters. The van der Waals surface area contributed by atoms with Crippen LogP contribution < -0.4 is 24.8 Å². The molecule has 0 bridgehead atoms. The minimum atomic E-state index is 0. The van der Waals surface area contributed by atoms with Crippen LogP contribution in [0.25, 0.3) is 0 Å². The first-order chi connectivity index (χ1) is 8.49. The minimum absolute atomic E-state index is 0. The molecule has 0 aromatic heterocycles. The van der Waals surface area contributed by atoms with Gasteiger partial charge >= 0.3 is 23.9 Å². The van der Waals surface area contributed by atoms with Gasteiger partial charge in [0.2, 0.25) is 0 Å². The van der Waals surface area contributed by atoms with Gasteiger partial charge in [-0.05, 0) is 45.4 Å². The zero-order chi connectivity index (χ0) is 14.0. The Labute approximate surface area is 161 Å². The molecule has 0 fully saturated rings. The van der Waals surface area contributed by atoms with Crippen LogP contribution in [0, 0.1) is 13.0 Å². The Morgan fingerprint density at radius 2 is 1.29 bits per heavy atom. The Hall–Kier alpha value is 0.519. The van der Waals surface area contributed by atoms with E-state index in [0.29, 0.717) is 0 Å². The van der Waals surface area contributed by atoms with Crippen molar-refractivity contribution >= 4 is 23.9 Å². The van der Waals surface area contributed by atoms with Crippen LogP contribution in [0.2, 0.25) is 0 Å². The van der Waals surface area contributed by atoms with Crippen molar-refractivity contribution in [3.63, 3.8) is 0 Å². The second-order valence-corrected chi connectivity index (χ2v) is 5.03. The number of rotatable bonds is 5. The smallest absolute Gasteiger partial charge is 1.00 e. The van der Waals surface area contributed by atoms with Crippen LogP contribution in [-0.2, 0) is 13.1 Å². The van der Waals surface area contributed by atoms with Crippen molar-refractivity contribution in [2.45, 2.75) is 32.9 Å². The maximum Gasteiger partial charge on any atom is 2.00 e. The van der Waals surface area contributed by atoms with Crippen molar-refractivity contribution < 1.29 is 24.8 Å². The van der Waals surface area contributed by atoms with Gasteiger partial charge in [0.05, 0.1) is 0 Å². The predicted octanol–water partition coefficient (Wildman–Crippen LogP) is -3.14. The third-order valence-electron chi connectivity index (χ3n) is 2.24. The summed E-state index contributed by atoms with van der Waals surface area (Å²) < 4.78 is 0. The molecule has 1 rings (SSSR count). The molecule has 0 heterocycles. The molecule has 21 heavy (non-hydrogen) atoms. The normalized spacial score (nSPS) is 8.95. The number of unbranched alkanes of at least 4 members (excludes halogenated alkanes) is 1. The van der Waals surface area contributed by atoms with E-state index < -0.39 is 0 Å². The average Bonchev–Trinajstić information content (AvgIpc) is 2.28. The Morgan fingerprint density at radius 3 is 1.52 bits per heavy atom. The molecule has 4 radical (unpaired) electrons. The van der Waals surface area contributed by atoms with Gasteiger partial charge < -0.3 is 34.6 Å². The van der Waals surface area contributed by atoms with E-state index in [2.05, 4.69) is 76.1 Å². The second kappa shape index (κ2) is 18.6. The first kappa shape index (κ1) is 29.5. The van der Waals surface area contributed by atoms with E-state index in [9.17, 15) is 0 Å². The summed E-state index contributed by atoms with van der Waals surface area (Å²) in [6.07, 6.45) is 2.28. The van der Waals surface area contributed by atoms with Gasteiger partial charge in [0.1, 0.15) is 0 Å². The number of nitrogens with zero attached hydrogens (tertiary/aromatic N) is 2. The predicted molar refractivity (Wildman–Crippen MR) is 86.1 cm³/mol. The molecule has 0 amide bonds. The molecule has 5 heteroatoms. The minimum Gasteiger partial charge on any atom is -1.00 e.